The molecule has 9 aromatic carbocycles. The average molecular weight is 957 g/mol. The molecule has 6 aliphatic carbocycles. The van der Waals surface area contributed by atoms with Crippen LogP contribution in [0.2, 0.25) is 0 Å². The Morgan fingerprint density at radius 3 is 1.11 bits per heavy atom. The second-order valence-corrected chi connectivity index (χ2v) is 23.7. The number of rotatable bonds is 0. The first-order valence-corrected chi connectivity index (χ1v) is 26.1. The van der Waals surface area contributed by atoms with E-state index in [1.807, 2.05) is 0 Å². The summed E-state index contributed by atoms with van der Waals surface area (Å²) in [4.78, 5) is 33.7. The van der Waals surface area contributed by atoms with E-state index in [0.29, 0.717) is 11.5 Å². The van der Waals surface area contributed by atoms with E-state index in [-0.39, 0.29) is 34.2 Å². The molecule has 6 nitrogen and oxygen atoms in total. The monoisotopic (exact) mass is 956 g/mol. The molecule has 74 heavy (non-hydrogen) atoms. The van der Waals surface area contributed by atoms with E-state index in [9.17, 15) is 0 Å². The minimum absolute atomic E-state index is 0.0997. The molecular weight excluding hydrogens is 909 g/mol. The Labute approximate surface area is 427 Å². The Kier molecular flexibility index (Phi) is 7.42. The van der Waals surface area contributed by atoms with Crippen molar-refractivity contribution in [3.63, 3.8) is 0 Å². The third kappa shape index (κ3) is 4.88. The van der Waals surface area contributed by atoms with Gasteiger partial charge in [0.15, 0.2) is 34.6 Å². The predicted octanol–water partition coefficient (Wildman–Crippen LogP) is 16.8. The molecule has 8 aliphatic rings. The molecule has 2 aliphatic heterocycles. The minimum atomic E-state index is -0.431. The second kappa shape index (κ2) is 13.4. The van der Waals surface area contributed by atoms with Crippen molar-refractivity contribution in [1.29, 1.82) is 0 Å². The third-order valence-corrected chi connectivity index (χ3v) is 17.9. The lowest BCUT2D eigenvalue weighted by molar-refractivity contribution is 0.0966. The number of fused-ring (bicyclic) bond motifs is 12. The predicted molar refractivity (Wildman–Crippen MR) is 293 cm³/mol. The molecule has 0 saturated heterocycles. The van der Waals surface area contributed by atoms with Crippen LogP contribution in [0.5, 0.6) is 23.0 Å². The number of hydrogen-bond acceptors (Lipinski definition) is 5. The van der Waals surface area contributed by atoms with Crippen LogP contribution in [0, 0.1) is 0 Å². The molecule has 4 heterocycles. The molecule has 0 saturated carbocycles. The first kappa shape index (κ1) is 41.0. The second-order valence-electron chi connectivity index (χ2n) is 23.7. The largest absolute Gasteiger partial charge is 0.452 e. The van der Waals surface area contributed by atoms with Crippen molar-refractivity contribution in [2.75, 3.05) is 4.90 Å². The van der Waals surface area contributed by atoms with Crippen molar-refractivity contribution in [2.45, 2.75) is 76.0 Å². The number of nitrogens with zero attached hydrogens (tertiary/aromatic N) is 2. The van der Waals surface area contributed by atoms with Crippen LogP contribution in [0.3, 0.4) is 0 Å². The Hall–Kier alpha value is -8.48. The van der Waals surface area contributed by atoms with E-state index in [1.54, 1.807) is 0 Å². The van der Waals surface area contributed by atoms with Crippen molar-refractivity contribution >= 4 is 66.7 Å². The average Bonchev–Trinajstić information content (AvgIpc) is 3.81. The Morgan fingerprint density at radius 2 is 0.757 bits per heavy atom. The van der Waals surface area contributed by atoms with Crippen LogP contribution >= 0.6 is 0 Å². The summed E-state index contributed by atoms with van der Waals surface area (Å²) in [7, 11) is 0. The summed E-state index contributed by atoms with van der Waals surface area (Å²) in [6.45, 7) is 13.5. The molecule has 6 heteroatoms. The maximum Gasteiger partial charge on any atom is 0.175 e. The number of anilines is 3. The normalized spacial score (nSPS) is 19.2. The number of benzene rings is 9. The number of aromatic nitrogens is 1. The molecule has 11 aromatic rings. The van der Waals surface area contributed by atoms with Gasteiger partial charge in [0.05, 0.1) is 50.5 Å². The van der Waals surface area contributed by atoms with Gasteiger partial charge in [-0.2, -0.15) is 0 Å². The molecular formula is C68H48N2O4. The van der Waals surface area contributed by atoms with Crippen molar-refractivity contribution in [1.82, 2.24) is 4.40 Å². The van der Waals surface area contributed by atoms with Crippen LogP contribution in [0.25, 0.3) is 38.1 Å². The van der Waals surface area contributed by atoms with Gasteiger partial charge in [0.2, 0.25) is 0 Å². The summed E-state index contributed by atoms with van der Waals surface area (Å²) >= 11 is 0. The van der Waals surface area contributed by atoms with Crippen LogP contribution < -0.4 is 14.4 Å². The Bertz CT molecular complexity index is 4110. The summed E-state index contributed by atoms with van der Waals surface area (Å²) in [6.07, 6.45) is 0. The Morgan fingerprint density at radius 1 is 0.405 bits per heavy atom. The lowest BCUT2D eigenvalue weighted by Gasteiger charge is -2.39. The van der Waals surface area contributed by atoms with Crippen molar-refractivity contribution < 1.29 is 19.1 Å². The van der Waals surface area contributed by atoms with Crippen LogP contribution in [0.15, 0.2) is 158 Å². The number of ketones is 2. The quantitative estimate of drug-likeness (QED) is 0.152. The van der Waals surface area contributed by atoms with Crippen LogP contribution in [-0.2, 0) is 10.8 Å². The van der Waals surface area contributed by atoms with Crippen molar-refractivity contribution in [2.24, 2.45) is 0 Å². The van der Waals surface area contributed by atoms with Gasteiger partial charge < -0.3 is 13.9 Å². The van der Waals surface area contributed by atoms with Crippen LogP contribution in [0.1, 0.15) is 153 Å². The Balaban J connectivity index is 1.05. The van der Waals surface area contributed by atoms with Gasteiger partial charge in [-0.1, -0.05) is 151 Å². The molecule has 0 fully saturated rings. The van der Waals surface area contributed by atoms with E-state index in [0.717, 1.165) is 111 Å². The van der Waals surface area contributed by atoms with E-state index >= 15 is 9.59 Å². The van der Waals surface area contributed by atoms with E-state index in [1.165, 1.54) is 33.4 Å². The molecule has 0 unspecified atom stereocenters. The highest BCUT2D eigenvalue weighted by atomic mass is 16.5. The third-order valence-electron chi connectivity index (χ3n) is 17.9. The van der Waals surface area contributed by atoms with Gasteiger partial charge in [0.25, 0.3) is 0 Å². The maximum absolute atomic E-state index is 15.7. The SMILES string of the molecule is CC(C)(C)c1ccc2c(c1)Oc1c3c(c4c5cc6c(cc5n5c7cc8c(cc7c1c45)C1c4ccccc4C(C8=O)c4ccccc41)C(=O)C1c4ccccc4C6c4ccccc41)Oc1cc(C(C)(C)C)ccc1N23. The van der Waals surface area contributed by atoms with E-state index < -0.39 is 11.8 Å². The summed E-state index contributed by atoms with van der Waals surface area (Å²) in [5.41, 5.74) is 20.0. The zero-order chi connectivity index (χ0) is 49.6. The number of hydrogen-bond donors (Lipinski definition) is 0. The molecule has 4 bridgehead atoms. The van der Waals surface area contributed by atoms with E-state index in [4.69, 9.17) is 9.47 Å². The fourth-order valence-electron chi connectivity index (χ4n) is 14.5. The number of carbonyl (C=O) groups excluding carboxylic acids is 2. The lowest BCUT2D eigenvalue weighted by atomic mass is 9.72. The van der Waals surface area contributed by atoms with Gasteiger partial charge in [0, 0.05) is 33.7 Å². The molecule has 0 spiro atoms. The minimum Gasteiger partial charge on any atom is -0.452 e. The summed E-state index contributed by atoms with van der Waals surface area (Å²) in [5, 5.41) is 3.88. The zero-order valence-corrected chi connectivity index (χ0v) is 41.8. The van der Waals surface area contributed by atoms with E-state index in [2.05, 4.69) is 209 Å². The molecule has 0 atom stereocenters. The first-order valence-electron chi connectivity index (χ1n) is 26.1. The van der Waals surface area contributed by atoms with Gasteiger partial charge in [-0.05, 0) is 126 Å². The smallest absolute Gasteiger partial charge is 0.175 e. The van der Waals surface area contributed by atoms with Gasteiger partial charge in [-0.3, -0.25) is 14.5 Å². The maximum atomic E-state index is 15.7. The van der Waals surface area contributed by atoms with Gasteiger partial charge in [-0.25, -0.2) is 0 Å². The highest BCUT2D eigenvalue weighted by Crippen LogP contribution is 2.67. The van der Waals surface area contributed by atoms with Gasteiger partial charge in [-0.15, -0.1) is 0 Å². The molecule has 2 aromatic heterocycles. The number of ether oxygens (including phenoxy) is 2. The highest BCUT2D eigenvalue weighted by Gasteiger charge is 2.47. The lowest BCUT2D eigenvalue weighted by Crippen LogP contribution is -2.22. The summed E-state index contributed by atoms with van der Waals surface area (Å²) in [6, 6.07) is 56.5. The highest BCUT2D eigenvalue weighted by molar-refractivity contribution is 6.31. The molecule has 0 amide bonds. The number of Topliss-reactive ketones (excluding diaryl/α,β-unsaturated/α-hetero) is 2. The van der Waals surface area contributed by atoms with Crippen LogP contribution in [0.4, 0.5) is 17.1 Å². The molecule has 0 radical (unpaired) electrons. The summed E-state index contributed by atoms with van der Waals surface area (Å²) < 4.78 is 17.4. The number of carbonyl (C=O) groups is 2. The van der Waals surface area contributed by atoms with Gasteiger partial charge in [0.1, 0.15) is 5.69 Å². The standard InChI is InChI=1S/C68H48N2O4/c1-67(2,3)33-23-25-49-53(27-33)73-65-59-47-29-43-45(63(71)57-39-19-11-7-15-35(39)55(43)36-16-8-12-20-40(36)57)31-51(47)70-52-32-46-44(56-37-17-9-13-21-41(37)58(64(46)72)42-22-14-10-18-38(42)56)30-48(52)60(61(59)70)66-62(65)69(49)50-26-24-34(68(4,5)6)28-54(50)74-66/h7-32,55-58H,1-6H3. The van der Waals surface area contributed by atoms with Crippen molar-refractivity contribution in [3.05, 3.63) is 236 Å². The topological polar surface area (TPSA) is 60.3 Å². The van der Waals surface area contributed by atoms with Crippen LogP contribution in [-0.4, -0.2) is 16.0 Å². The zero-order valence-electron chi connectivity index (χ0n) is 41.8. The van der Waals surface area contributed by atoms with Gasteiger partial charge >= 0.3 is 0 Å². The fraction of sp³-hybridized carbons (Fsp3) is 0.176. The fourth-order valence-corrected chi connectivity index (χ4v) is 14.5. The molecule has 0 N–H and O–H groups in total. The molecule has 354 valence electrons. The first-order chi connectivity index (χ1) is 35.8. The molecule has 19 rings (SSSR count). The summed E-state index contributed by atoms with van der Waals surface area (Å²) in [5.74, 6) is 1.99. The van der Waals surface area contributed by atoms with Crippen molar-refractivity contribution in [3.8, 4) is 23.0 Å².